The molecule has 1 aromatic rings. The van der Waals surface area contributed by atoms with E-state index in [9.17, 15) is 4.39 Å². The number of hydrogen-bond acceptors (Lipinski definition) is 1. The second-order valence-corrected chi connectivity index (χ2v) is 4.85. The maximum Gasteiger partial charge on any atom is 0.142 e. The van der Waals surface area contributed by atoms with E-state index in [-0.39, 0.29) is 10.8 Å². The zero-order valence-electron chi connectivity index (χ0n) is 9.31. The van der Waals surface area contributed by atoms with Gasteiger partial charge in [0, 0.05) is 6.54 Å². The minimum absolute atomic E-state index is 0.249. The Morgan fingerprint density at radius 3 is 2.88 bits per heavy atom. The van der Waals surface area contributed by atoms with Crippen LogP contribution in [0.4, 0.5) is 4.39 Å². The minimum atomic E-state index is -0.333. The van der Waals surface area contributed by atoms with Crippen molar-refractivity contribution in [2.24, 2.45) is 5.92 Å². The molecule has 16 heavy (non-hydrogen) atoms. The second kappa shape index (κ2) is 5.65. The van der Waals surface area contributed by atoms with Crippen molar-refractivity contribution >= 4 is 11.6 Å². The Morgan fingerprint density at radius 1 is 1.38 bits per heavy atom. The van der Waals surface area contributed by atoms with Crippen LogP contribution in [0, 0.1) is 11.7 Å². The van der Waals surface area contributed by atoms with E-state index in [1.54, 1.807) is 6.07 Å². The van der Waals surface area contributed by atoms with Gasteiger partial charge in [-0.05, 0) is 30.5 Å². The van der Waals surface area contributed by atoms with Crippen molar-refractivity contribution in [1.29, 1.82) is 0 Å². The first-order chi connectivity index (χ1) is 7.77. The standard InChI is InChI=1S/C13H17ClFN/c14-13-11(5-2-6-12(13)15)9-16-8-7-10-3-1-4-10/h2,5-6,10,16H,1,3-4,7-9H2. The van der Waals surface area contributed by atoms with E-state index < -0.39 is 0 Å². The first-order valence-corrected chi connectivity index (χ1v) is 6.29. The van der Waals surface area contributed by atoms with E-state index in [2.05, 4.69) is 5.32 Å². The highest BCUT2D eigenvalue weighted by Gasteiger charge is 2.16. The van der Waals surface area contributed by atoms with Gasteiger partial charge in [-0.2, -0.15) is 0 Å². The third-order valence-electron chi connectivity index (χ3n) is 3.30. The fourth-order valence-electron chi connectivity index (χ4n) is 2.00. The fourth-order valence-corrected chi connectivity index (χ4v) is 2.19. The van der Waals surface area contributed by atoms with Crippen molar-refractivity contribution in [2.45, 2.75) is 32.2 Å². The van der Waals surface area contributed by atoms with E-state index in [1.807, 2.05) is 6.07 Å². The SMILES string of the molecule is Fc1cccc(CNCCC2CCC2)c1Cl. The third kappa shape index (κ3) is 2.96. The minimum Gasteiger partial charge on any atom is -0.313 e. The van der Waals surface area contributed by atoms with Gasteiger partial charge in [-0.25, -0.2) is 4.39 Å². The second-order valence-electron chi connectivity index (χ2n) is 4.48. The van der Waals surface area contributed by atoms with Crippen LogP contribution < -0.4 is 5.32 Å². The van der Waals surface area contributed by atoms with E-state index in [4.69, 9.17) is 11.6 Å². The summed E-state index contributed by atoms with van der Waals surface area (Å²) >= 11 is 5.86. The van der Waals surface area contributed by atoms with E-state index >= 15 is 0 Å². The largest absolute Gasteiger partial charge is 0.313 e. The zero-order valence-corrected chi connectivity index (χ0v) is 10.1. The van der Waals surface area contributed by atoms with Crippen LogP contribution in [0.15, 0.2) is 18.2 Å². The summed E-state index contributed by atoms with van der Waals surface area (Å²) in [6, 6.07) is 4.95. The molecule has 1 aliphatic rings. The fraction of sp³-hybridized carbons (Fsp3) is 0.538. The van der Waals surface area contributed by atoms with Crippen molar-refractivity contribution < 1.29 is 4.39 Å². The summed E-state index contributed by atoms with van der Waals surface area (Å²) in [6.45, 7) is 1.65. The molecule has 0 radical (unpaired) electrons. The highest BCUT2D eigenvalue weighted by molar-refractivity contribution is 6.31. The summed E-state index contributed by atoms with van der Waals surface area (Å²) in [5.41, 5.74) is 0.843. The lowest BCUT2D eigenvalue weighted by Crippen LogP contribution is -2.21. The topological polar surface area (TPSA) is 12.0 Å². The molecule has 0 saturated heterocycles. The van der Waals surface area contributed by atoms with Gasteiger partial charge in [0.05, 0.1) is 5.02 Å². The summed E-state index contributed by atoms with van der Waals surface area (Å²) in [5.74, 6) is 0.579. The molecule has 0 bridgehead atoms. The number of halogens is 2. The molecule has 0 spiro atoms. The molecule has 1 saturated carbocycles. The van der Waals surface area contributed by atoms with Crippen LogP contribution in [-0.4, -0.2) is 6.54 Å². The molecule has 0 aromatic heterocycles. The van der Waals surface area contributed by atoms with Gasteiger partial charge in [0.2, 0.25) is 0 Å². The Kier molecular flexibility index (Phi) is 4.19. The van der Waals surface area contributed by atoms with E-state index in [1.165, 1.54) is 31.7 Å². The van der Waals surface area contributed by atoms with Crippen LogP contribution in [0.25, 0.3) is 0 Å². The first kappa shape index (κ1) is 11.9. The summed E-state index contributed by atoms with van der Waals surface area (Å²) in [7, 11) is 0. The molecule has 0 unspecified atom stereocenters. The molecule has 1 N–H and O–H groups in total. The average molecular weight is 242 g/mol. The van der Waals surface area contributed by atoms with Crippen molar-refractivity contribution in [3.63, 3.8) is 0 Å². The Labute approximate surface area is 101 Å². The molecule has 2 rings (SSSR count). The molecule has 3 heteroatoms. The van der Waals surface area contributed by atoms with Gasteiger partial charge in [0.1, 0.15) is 5.82 Å². The molecule has 1 nitrogen and oxygen atoms in total. The summed E-state index contributed by atoms with van der Waals surface area (Å²) in [6.07, 6.45) is 5.37. The van der Waals surface area contributed by atoms with E-state index in [0.29, 0.717) is 6.54 Å². The van der Waals surface area contributed by atoms with Gasteiger partial charge in [-0.3, -0.25) is 0 Å². The molecular formula is C13H17ClFN. The lowest BCUT2D eigenvalue weighted by atomic mass is 9.83. The Bertz CT molecular complexity index is 350. The number of nitrogens with one attached hydrogen (secondary N) is 1. The average Bonchev–Trinajstić information content (AvgIpc) is 2.21. The van der Waals surface area contributed by atoms with Crippen LogP contribution in [0.2, 0.25) is 5.02 Å². The van der Waals surface area contributed by atoms with Crippen LogP contribution in [0.5, 0.6) is 0 Å². The van der Waals surface area contributed by atoms with Crippen LogP contribution in [0.1, 0.15) is 31.2 Å². The highest BCUT2D eigenvalue weighted by Crippen LogP contribution is 2.28. The zero-order chi connectivity index (χ0) is 11.4. The summed E-state index contributed by atoms with van der Waals surface area (Å²) in [5, 5.41) is 3.57. The van der Waals surface area contributed by atoms with Gasteiger partial charge in [-0.15, -0.1) is 0 Å². The predicted octanol–water partition coefficient (Wildman–Crippen LogP) is 3.76. The molecular weight excluding hydrogens is 225 g/mol. The first-order valence-electron chi connectivity index (χ1n) is 5.91. The quantitative estimate of drug-likeness (QED) is 0.774. The third-order valence-corrected chi connectivity index (χ3v) is 3.72. The normalized spacial score (nSPS) is 16.1. The molecule has 88 valence electrons. The van der Waals surface area contributed by atoms with Gasteiger partial charge in [0.15, 0.2) is 0 Å². The predicted molar refractivity (Wildman–Crippen MR) is 65.1 cm³/mol. The van der Waals surface area contributed by atoms with Crippen molar-refractivity contribution in [1.82, 2.24) is 5.32 Å². The lowest BCUT2D eigenvalue weighted by Gasteiger charge is -2.25. The molecule has 0 atom stereocenters. The lowest BCUT2D eigenvalue weighted by molar-refractivity contribution is 0.292. The molecule has 1 fully saturated rings. The number of rotatable bonds is 5. The van der Waals surface area contributed by atoms with Gasteiger partial charge in [-0.1, -0.05) is 43.0 Å². The molecule has 0 aliphatic heterocycles. The number of hydrogen-bond donors (Lipinski definition) is 1. The molecule has 1 aliphatic carbocycles. The summed E-state index contributed by atoms with van der Waals surface area (Å²) in [4.78, 5) is 0. The number of benzene rings is 1. The Morgan fingerprint density at radius 2 is 2.19 bits per heavy atom. The Balaban J connectivity index is 1.73. The summed E-state index contributed by atoms with van der Waals surface area (Å²) < 4.78 is 13.1. The Hall–Kier alpha value is -0.600. The maximum absolute atomic E-state index is 13.1. The van der Waals surface area contributed by atoms with Crippen molar-refractivity contribution in [3.8, 4) is 0 Å². The van der Waals surface area contributed by atoms with Gasteiger partial charge < -0.3 is 5.32 Å². The van der Waals surface area contributed by atoms with Gasteiger partial charge in [0.25, 0.3) is 0 Å². The van der Waals surface area contributed by atoms with Crippen molar-refractivity contribution in [2.75, 3.05) is 6.54 Å². The molecule has 0 heterocycles. The van der Waals surface area contributed by atoms with E-state index in [0.717, 1.165) is 18.0 Å². The smallest absolute Gasteiger partial charge is 0.142 e. The molecule has 1 aromatic carbocycles. The maximum atomic E-state index is 13.1. The van der Waals surface area contributed by atoms with Crippen molar-refractivity contribution in [3.05, 3.63) is 34.6 Å². The van der Waals surface area contributed by atoms with Crippen LogP contribution in [0.3, 0.4) is 0 Å². The van der Waals surface area contributed by atoms with Crippen LogP contribution >= 0.6 is 11.6 Å². The monoisotopic (exact) mass is 241 g/mol. The van der Waals surface area contributed by atoms with Crippen LogP contribution in [-0.2, 0) is 6.54 Å². The molecule has 0 amide bonds. The van der Waals surface area contributed by atoms with Gasteiger partial charge >= 0.3 is 0 Å². The highest BCUT2D eigenvalue weighted by atomic mass is 35.5.